The van der Waals surface area contributed by atoms with Crippen molar-refractivity contribution in [3.8, 4) is 11.5 Å². The number of aryl methyl sites for hydroxylation is 1. The fraction of sp³-hybridized carbons (Fsp3) is 0.391. The highest BCUT2D eigenvalue weighted by atomic mass is 32.2. The number of hydrogen-bond acceptors (Lipinski definition) is 17. The first-order valence-corrected chi connectivity index (χ1v) is 30.5. The zero-order chi connectivity index (χ0) is 62.4. The van der Waals surface area contributed by atoms with Crippen LogP contribution in [0.1, 0.15) is 107 Å². The smallest absolute Gasteiger partial charge is 0.413 e. The van der Waals surface area contributed by atoms with Crippen molar-refractivity contribution in [2.45, 2.75) is 109 Å². The summed E-state index contributed by atoms with van der Waals surface area (Å²) in [5, 5.41) is 13.7. The summed E-state index contributed by atoms with van der Waals surface area (Å²) in [5.74, 6) is -2.25. The van der Waals surface area contributed by atoms with E-state index in [0.29, 0.717) is 56.5 Å². The van der Waals surface area contributed by atoms with Crippen molar-refractivity contribution in [3.63, 3.8) is 0 Å². The first kappa shape index (κ1) is 63.0. The minimum atomic E-state index is -1.71. The molecule has 4 amide bonds. The Morgan fingerprint density at radius 2 is 1.49 bits per heavy atom. The number of pyridine rings is 1. The maximum absolute atomic E-state index is 15.2. The SMILES string of the molecule is COc1ccc(COc2cn(C)c3ccc(C(=O)NCC[N+]4(CC5=C(C(=O)OC(c6ccccc6)c6ccccc6)N6C(=O)[C@@H](NC(=O)C(=NOC(C)(C)C(=O)OC(C)(C)C)c7csc(NC(=O)OC(C)(C)C)n7)[C@H]6SC5)CCCC4)cc3c2=O)cc1. The molecule has 4 aromatic carbocycles. The molecular weight excluding hydrogens is 1150 g/mol. The van der Waals surface area contributed by atoms with Gasteiger partial charge >= 0.3 is 18.0 Å². The summed E-state index contributed by atoms with van der Waals surface area (Å²) < 4.78 is 31.0. The van der Waals surface area contributed by atoms with Crippen LogP contribution in [-0.4, -0.2) is 134 Å². The van der Waals surface area contributed by atoms with Crippen LogP contribution in [-0.2, 0) is 51.9 Å². The van der Waals surface area contributed by atoms with Gasteiger partial charge in [0.15, 0.2) is 22.7 Å². The molecule has 3 aliphatic heterocycles. The minimum Gasteiger partial charge on any atom is -0.497 e. The lowest BCUT2D eigenvalue weighted by molar-refractivity contribution is -0.911. The van der Waals surface area contributed by atoms with Crippen LogP contribution in [0.25, 0.3) is 10.9 Å². The molecule has 2 atom stereocenters. The van der Waals surface area contributed by atoms with Gasteiger partial charge in [-0.15, -0.1) is 23.1 Å². The van der Waals surface area contributed by atoms with Gasteiger partial charge in [-0.3, -0.25) is 29.4 Å². The Hall–Kier alpha value is -8.54. The van der Waals surface area contributed by atoms with Crippen LogP contribution in [0.2, 0.25) is 0 Å². The lowest BCUT2D eigenvalue weighted by Crippen LogP contribution is -2.71. The molecule has 0 unspecified atom stereocenters. The number of anilines is 1. The fourth-order valence-corrected chi connectivity index (χ4v) is 12.4. The number of oxime groups is 1. The maximum Gasteiger partial charge on any atom is 0.413 e. The second-order valence-corrected chi connectivity index (χ2v) is 26.0. The number of benzene rings is 4. The number of nitrogens with zero attached hydrogens (tertiary/aromatic N) is 5. The highest BCUT2D eigenvalue weighted by molar-refractivity contribution is 8.00. The van der Waals surface area contributed by atoms with Crippen LogP contribution >= 0.6 is 23.1 Å². The number of hydrogen-bond donors (Lipinski definition) is 3. The number of esters is 2. The molecule has 3 aliphatic rings. The van der Waals surface area contributed by atoms with E-state index in [1.807, 2.05) is 92.0 Å². The molecule has 0 spiro atoms. The molecule has 2 aromatic heterocycles. The number of ether oxygens (including phenoxy) is 5. The van der Waals surface area contributed by atoms with Gasteiger partial charge in [-0.05, 0) is 102 Å². The lowest BCUT2D eigenvalue weighted by Gasteiger charge is -2.50. The number of carbonyl (C=O) groups excluding carboxylic acids is 6. The molecule has 2 saturated heterocycles. The Morgan fingerprint density at radius 1 is 0.839 bits per heavy atom. The zero-order valence-corrected chi connectivity index (χ0v) is 52.1. The van der Waals surface area contributed by atoms with E-state index >= 15 is 4.79 Å². The molecule has 2 fully saturated rings. The molecule has 9 rings (SSSR count). The molecule has 21 nitrogen and oxygen atoms in total. The largest absolute Gasteiger partial charge is 0.497 e. The van der Waals surface area contributed by atoms with Crippen LogP contribution in [0.5, 0.6) is 11.5 Å². The predicted octanol–water partition coefficient (Wildman–Crippen LogP) is 8.80. The normalized spacial score (nSPS) is 16.8. The molecule has 0 radical (unpaired) electrons. The Morgan fingerprint density at radius 3 is 2.13 bits per heavy atom. The molecule has 0 aliphatic carbocycles. The summed E-state index contributed by atoms with van der Waals surface area (Å²) in [4.78, 5) is 110. The Kier molecular flexibility index (Phi) is 19.0. The standard InChI is InChI=1S/C64H72N8O13S2/c1-62(2,3)83-59(78)64(7,8)85-69-49(46-38-87-60(66-46)68-61(79)84-63(4,5)6)55(75)67-50-56(76)71-51(58(77)82-53(40-19-13-11-14-20-40)41-21-15-12-16-22-41)43(37-86-57(50)71)35-72(30-17-18-31-72)32-29-65-54(74)42-25-28-47-45(33-42)52(73)48(34-70(47)9)81-36-39-23-26-44(80-10)27-24-39/h11-16,19-28,33-34,38,50,53,57H,17-18,29-32,35-37H2,1-10H3,(H2-,65,66,67,68,74,75,79)/p+1/t50-,57-/m1/s1. The van der Waals surface area contributed by atoms with E-state index < -0.39 is 69.9 Å². The van der Waals surface area contributed by atoms with E-state index in [0.717, 1.165) is 42.8 Å². The van der Waals surface area contributed by atoms with Crippen LogP contribution < -0.4 is 30.9 Å². The number of carbonyl (C=O) groups is 6. The van der Waals surface area contributed by atoms with Gasteiger partial charge in [0.1, 0.15) is 52.9 Å². The highest BCUT2D eigenvalue weighted by Gasteiger charge is 2.56. The molecule has 23 heteroatoms. The number of aromatic nitrogens is 2. The average Bonchev–Trinajstić information content (AvgIpc) is 1.29. The van der Waals surface area contributed by atoms with Crippen LogP contribution in [0.3, 0.4) is 0 Å². The summed E-state index contributed by atoms with van der Waals surface area (Å²) in [5.41, 5.74) is -0.300. The number of amides is 4. The molecule has 0 bridgehead atoms. The van der Waals surface area contributed by atoms with Crippen LogP contribution in [0, 0.1) is 0 Å². The third-order valence-corrected chi connectivity index (χ3v) is 16.8. The summed E-state index contributed by atoms with van der Waals surface area (Å²) in [6.07, 6.45) is 1.76. The number of thioether (sulfide) groups is 1. The third-order valence-electron chi connectivity index (χ3n) is 14.7. The third kappa shape index (κ3) is 15.2. The van der Waals surface area contributed by atoms with Gasteiger partial charge in [-0.1, -0.05) is 78.0 Å². The second-order valence-electron chi connectivity index (χ2n) is 24.1. The van der Waals surface area contributed by atoms with Crippen molar-refractivity contribution in [1.82, 2.24) is 25.1 Å². The molecule has 87 heavy (non-hydrogen) atoms. The van der Waals surface area contributed by atoms with Gasteiger partial charge < -0.3 is 48.2 Å². The van der Waals surface area contributed by atoms with E-state index in [2.05, 4.69) is 26.1 Å². The summed E-state index contributed by atoms with van der Waals surface area (Å²) in [7, 11) is 3.40. The molecule has 3 N–H and O–H groups in total. The second kappa shape index (κ2) is 26.2. The number of methoxy groups -OCH3 is 1. The molecule has 458 valence electrons. The van der Waals surface area contributed by atoms with E-state index in [4.69, 9.17) is 28.5 Å². The topological polar surface area (TPSA) is 244 Å². The van der Waals surface area contributed by atoms with E-state index in [1.165, 1.54) is 35.9 Å². The van der Waals surface area contributed by atoms with Crippen molar-refractivity contribution in [3.05, 3.63) is 164 Å². The van der Waals surface area contributed by atoms with E-state index in [-0.39, 0.29) is 52.5 Å². The number of nitrogens with one attached hydrogen (secondary N) is 3. The first-order chi connectivity index (χ1) is 41.3. The monoisotopic (exact) mass is 1230 g/mol. The number of likely N-dealkylation sites (tertiary alicyclic amines) is 1. The number of quaternary nitrogens is 1. The molecule has 6 aromatic rings. The summed E-state index contributed by atoms with van der Waals surface area (Å²) in [6, 6.07) is 29.8. The van der Waals surface area contributed by atoms with Gasteiger partial charge in [0, 0.05) is 42.2 Å². The quantitative estimate of drug-likeness (QED) is 0.0152. The van der Waals surface area contributed by atoms with Crippen molar-refractivity contribution >= 4 is 80.6 Å². The Balaban J connectivity index is 0.973. The van der Waals surface area contributed by atoms with Gasteiger partial charge in [0.2, 0.25) is 11.0 Å². The van der Waals surface area contributed by atoms with Crippen LogP contribution in [0.4, 0.5) is 9.93 Å². The van der Waals surface area contributed by atoms with E-state index in [9.17, 15) is 28.8 Å². The van der Waals surface area contributed by atoms with Crippen LogP contribution in [0.15, 0.2) is 136 Å². The Labute approximate surface area is 512 Å². The predicted molar refractivity (Wildman–Crippen MR) is 330 cm³/mol. The number of fused-ring (bicyclic) bond motifs is 2. The highest BCUT2D eigenvalue weighted by Crippen LogP contribution is 2.43. The van der Waals surface area contributed by atoms with E-state index in [1.54, 1.807) is 77.6 Å². The van der Waals surface area contributed by atoms with Gasteiger partial charge in [0.25, 0.3) is 17.7 Å². The molecule has 5 heterocycles. The number of rotatable bonds is 21. The zero-order valence-electron chi connectivity index (χ0n) is 50.4. The maximum atomic E-state index is 15.2. The van der Waals surface area contributed by atoms with Gasteiger partial charge in [-0.2, -0.15) is 0 Å². The summed E-state index contributed by atoms with van der Waals surface area (Å²) >= 11 is 2.34. The van der Waals surface area contributed by atoms with Crippen molar-refractivity contribution < 1.29 is 61.8 Å². The minimum absolute atomic E-state index is 0.0529. The first-order valence-electron chi connectivity index (χ1n) is 28.6. The van der Waals surface area contributed by atoms with Gasteiger partial charge in [0.05, 0.1) is 50.4 Å². The fourth-order valence-electron chi connectivity index (χ4n) is 10.4. The van der Waals surface area contributed by atoms with Gasteiger partial charge in [-0.25, -0.2) is 19.4 Å². The van der Waals surface area contributed by atoms with Crippen molar-refractivity contribution in [1.29, 1.82) is 0 Å². The number of β-lactam (4-membered cyclic amide) rings is 1. The number of thiazole rings is 1. The van der Waals surface area contributed by atoms with Crippen molar-refractivity contribution in [2.75, 3.05) is 50.9 Å². The Bertz CT molecular complexity index is 3640. The van der Waals surface area contributed by atoms with Crippen molar-refractivity contribution in [2.24, 2.45) is 12.2 Å². The lowest BCUT2D eigenvalue weighted by atomic mass is 10.00. The average molecular weight is 1230 g/mol. The summed E-state index contributed by atoms with van der Waals surface area (Å²) in [6.45, 7) is 15.7. The molecule has 0 saturated carbocycles. The molecular formula is C64H73N8O13S2+.